The third-order valence-corrected chi connectivity index (χ3v) is 2.24. The molecule has 0 saturated carbocycles. The highest BCUT2D eigenvalue weighted by molar-refractivity contribution is 5.57. The lowest BCUT2D eigenvalue weighted by Crippen LogP contribution is -2.05. The predicted octanol–water partition coefficient (Wildman–Crippen LogP) is 3.17. The van der Waals surface area contributed by atoms with E-state index in [4.69, 9.17) is 9.84 Å². The number of ether oxygens (including phenoxy) is 2. The van der Waals surface area contributed by atoms with Crippen LogP contribution in [0, 0.1) is 0 Å². The molecule has 0 unspecified atom stereocenters. The van der Waals surface area contributed by atoms with E-state index in [1.807, 2.05) is 12.1 Å². The lowest BCUT2D eigenvalue weighted by atomic mass is 10.1. The van der Waals surface area contributed by atoms with E-state index in [1.54, 1.807) is 18.2 Å². The number of allylic oxidation sites excluding steroid dienone is 1. The monoisotopic (exact) mass is 248 g/mol. The molecule has 18 heavy (non-hydrogen) atoms. The van der Waals surface area contributed by atoms with Crippen LogP contribution in [0.25, 0.3) is 0 Å². The van der Waals surface area contributed by atoms with E-state index >= 15 is 0 Å². The van der Waals surface area contributed by atoms with Gasteiger partial charge < -0.3 is 14.6 Å². The molecule has 0 aliphatic heterocycles. The summed E-state index contributed by atoms with van der Waals surface area (Å²) in [6.07, 6.45) is 2.73. The van der Waals surface area contributed by atoms with Crippen molar-refractivity contribution >= 4 is 6.16 Å². The van der Waals surface area contributed by atoms with E-state index in [1.165, 1.54) is 0 Å². The zero-order chi connectivity index (χ0) is 13.4. The normalized spacial score (nSPS) is 9.56. The average Bonchev–Trinajstić information content (AvgIpc) is 2.35. The summed E-state index contributed by atoms with van der Waals surface area (Å²) in [7, 11) is 0. The van der Waals surface area contributed by atoms with Gasteiger partial charge in [-0.25, -0.2) is 4.79 Å². The third-order valence-electron chi connectivity index (χ3n) is 2.24. The van der Waals surface area contributed by atoms with Crippen LogP contribution < -0.4 is 4.74 Å². The van der Waals surface area contributed by atoms with Crippen molar-refractivity contribution in [2.24, 2.45) is 0 Å². The van der Waals surface area contributed by atoms with Crippen molar-refractivity contribution in [2.45, 2.75) is 13.0 Å². The van der Waals surface area contributed by atoms with E-state index in [9.17, 15) is 4.79 Å². The molecule has 96 valence electrons. The van der Waals surface area contributed by atoms with Crippen molar-refractivity contribution in [3.05, 3.63) is 54.6 Å². The van der Waals surface area contributed by atoms with Gasteiger partial charge in [-0.2, -0.15) is 0 Å². The minimum absolute atomic E-state index is 0.0349. The number of rotatable bonds is 7. The molecule has 1 aromatic carbocycles. The Morgan fingerprint density at radius 2 is 2.00 bits per heavy atom. The van der Waals surface area contributed by atoms with E-state index in [0.717, 1.165) is 5.56 Å². The first kappa shape index (κ1) is 13.8. The summed E-state index contributed by atoms with van der Waals surface area (Å²) in [6.45, 7) is 7.59. The van der Waals surface area contributed by atoms with Gasteiger partial charge in [-0.3, -0.25) is 0 Å². The largest absolute Gasteiger partial charge is 0.506 e. The molecule has 4 heteroatoms. The molecule has 0 fully saturated rings. The lowest BCUT2D eigenvalue weighted by molar-refractivity contribution is 0.0846. The second kappa shape index (κ2) is 7.17. The van der Waals surface area contributed by atoms with Crippen LogP contribution in [0.1, 0.15) is 11.1 Å². The van der Waals surface area contributed by atoms with Crippen LogP contribution >= 0.6 is 0 Å². The first-order chi connectivity index (χ1) is 8.69. The Balaban J connectivity index is 2.97. The van der Waals surface area contributed by atoms with E-state index in [0.29, 0.717) is 24.3 Å². The quantitative estimate of drug-likeness (QED) is 0.594. The Kier molecular flexibility index (Phi) is 5.51. The maximum atomic E-state index is 10.4. The molecule has 4 nitrogen and oxygen atoms in total. The number of benzene rings is 1. The summed E-state index contributed by atoms with van der Waals surface area (Å²) in [6, 6.07) is 5.51. The van der Waals surface area contributed by atoms with Gasteiger partial charge in [0.05, 0.1) is 0 Å². The van der Waals surface area contributed by atoms with E-state index < -0.39 is 6.16 Å². The predicted molar refractivity (Wildman–Crippen MR) is 68.8 cm³/mol. The third kappa shape index (κ3) is 3.97. The molecule has 0 aliphatic rings. The standard InChI is InChI=1S/C14H16O4/c1-3-6-11-7-5-8-12(10-18-14(15)16)13(11)17-9-4-2/h3-5,7-8H,1-2,6,9-10H2,(H,15,16). The Labute approximate surface area is 106 Å². The molecule has 0 heterocycles. The van der Waals surface area contributed by atoms with Gasteiger partial charge in [0.15, 0.2) is 0 Å². The van der Waals surface area contributed by atoms with Crippen LogP contribution in [0.4, 0.5) is 4.79 Å². The molecule has 0 saturated heterocycles. The summed E-state index contributed by atoms with van der Waals surface area (Å²) in [4.78, 5) is 10.4. The van der Waals surface area contributed by atoms with E-state index in [2.05, 4.69) is 17.9 Å². The number of carboxylic acid groups (broad SMARTS) is 1. The highest BCUT2D eigenvalue weighted by Gasteiger charge is 2.10. The van der Waals surface area contributed by atoms with Crippen LogP contribution in [0.5, 0.6) is 5.75 Å². The number of hydrogen-bond donors (Lipinski definition) is 1. The fourth-order valence-corrected chi connectivity index (χ4v) is 1.54. The molecule has 0 amide bonds. The Hall–Kier alpha value is -2.23. The first-order valence-electron chi connectivity index (χ1n) is 5.50. The van der Waals surface area contributed by atoms with Gasteiger partial charge in [-0.1, -0.05) is 36.9 Å². The first-order valence-corrected chi connectivity index (χ1v) is 5.50. The van der Waals surface area contributed by atoms with Gasteiger partial charge in [-0.05, 0) is 12.0 Å². The molecule has 1 N–H and O–H groups in total. The summed E-state index contributed by atoms with van der Waals surface area (Å²) in [5.74, 6) is 0.638. The molecule has 0 aromatic heterocycles. The van der Waals surface area contributed by atoms with Crippen molar-refractivity contribution in [3.8, 4) is 5.75 Å². The maximum absolute atomic E-state index is 10.4. The Bertz CT molecular complexity index is 437. The highest BCUT2D eigenvalue weighted by Crippen LogP contribution is 2.25. The minimum atomic E-state index is -1.31. The number of hydrogen-bond acceptors (Lipinski definition) is 3. The summed E-state index contributed by atoms with van der Waals surface area (Å²) >= 11 is 0. The molecule has 1 rings (SSSR count). The molecular weight excluding hydrogens is 232 g/mol. The molecule has 0 aliphatic carbocycles. The number of carbonyl (C=O) groups is 1. The second-order valence-corrected chi connectivity index (χ2v) is 3.55. The lowest BCUT2D eigenvalue weighted by Gasteiger charge is -2.13. The zero-order valence-corrected chi connectivity index (χ0v) is 10.1. The Morgan fingerprint density at radius 3 is 2.61 bits per heavy atom. The number of para-hydroxylation sites is 1. The van der Waals surface area contributed by atoms with Crippen LogP contribution in [0.15, 0.2) is 43.5 Å². The van der Waals surface area contributed by atoms with E-state index in [-0.39, 0.29) is 6.61 Å². The topological polar surface area (TPSA) is 55.8 Å². The van der Waals surface area contributed by atoms with Crippen molar-refractivity contribution in [1.29, 1.82) is 0 Å². The van der Waals surface area contributed by atoms with Crippen molar-refractivity contribution in [3.63, 3.8) is 0 Å². The van der Waals surface area contributed by atoms with Gasteiger partial charge in [0.1, 0.15) is 19.0 Å². The molecular formula is C14H16O4. The molecule has 0 radical (unpaired) electrons. The summed E-state index contributed by atoms with van der Waals surface area (Å²) in [5, 5.41) is 8.52. The van der Waals surface area contributed by atoms with Crippen molar-refractivity contribution in [1.82, 2.24) is 0 Å². The van der Waals surface area contributed by atoms with Crippen LogP contribution in [0.3, 0.4) is 0 Å². The molecule has 1 aromatic rings. The fourth-order valence-electron chi connectivity index (χ4n) is 1.54. The Morgan fingerprint density at radius 1 is 1.28 bits per heavy atom. The SMILES string of the molecule is C=CCOc1c(CC=C)cccc1COC(=O)O. The molecule has 0 atom stereocenters. The fraction of sp³-hybridized carbons (Fsp3) is 0.214. The van der Waals surface area contributed by atoms with Crippen LogP contribution in [0.2, 0.25) is 0 Å². The van der Waals surface area contributed by atoms with Crippen LogP contribution in [-0.2, 0) is 17.8 Å². The molecule has 0 spiro atoms. The van der Waals surface area contributed by atoms with Gasteiger partial charge in [0.2, 0.25) is 0 Å². The van der Waals surface area contributed by atoms with Gasteiger partial charge in [-0.15, -0.1) is 6.58 Å². The smallest absolute Gasteiger partial charge is 0.489 e. The minimum Gasteiger partial charge on any atom is -0.489 e. The maximum Gasteiger partial charge on any atom is 0.506 e. The van der Waals surface area contributed by atoms with Gasteiger partial charge >= 0.3 is 6.16 Å². The van der Waals surface area contributed by atoms with Crippen molar-refractivity contribution < 1.29 is 19.4 Å². The van der Waals surface area contributed by atoms with Gasteiger partial charge in [0, 0.05) is 5.56 Å². The van der Waals surface area contributed by atoms with Gasteiger partial charge in [0.25, 0.3) is 0 Å². The van der Waals surface area contributed by atoms with Crippen LogP contribution in [-0.4, -0.2) is 17.9 Å². The summed E-state index contributed by atoms with van der Waals surface area (Å²) < 4.78 is 10.1. The highest BCUT2D eigenvalue weighted by atomic mass is 16.7. The summed E-state index contributed by atoms with van der Waals surface area (Å²) in [5.41, 5.74) is 1.64. The second-order valence-electron chi connectivity index (χ2n) is 3.55. The average molecular weight is 248 g/mol. The molecule has 0 bridgehead atoms. The van der Waals surface area contributed by atoms with Crippen molar-refractivity contribution in [2.75, 3.05) is 6.61 Å². The zero-order valence-electron chi connectivity index (χ0n) is 10.1.